The van der Waals surface area contributed by atoms with E-state index in [0.717, 1.165) is 25.0 Å². The second kappa shape index (κ2) is 9.57. The van der Waals surface area contributed by atoms with Gasteiger partial charge in [-0.05, 0) is 43.7 Å². The summed E-state index contributed by atoms with van der Waals surface area (Å²) in [4.78, 5) is 26.2. The van der Waals surface area contributed by atoms with Gasteiger partial charge < -0.3 is 10.4 Å². The zero-order valence-electron chi connectivity index (χ0n) is 13.2. The molecule has 0 aromatic heterocycles. The van der Waals surface area contributed by atoms with Crippen molar-refractivity contribution in [3.63, 3.8) is 0 Å². The Kier molecular flexibility index (Phi) is 7.42. The molecule has 1 aromatic rings. The number of carboxylic acid groups (broad SMARTS) is 1. The SMILES string of the molecule is O=C(CN1CCCCC1C(=O)O)NCCCSc1ccccc1. The van der Waals surface area contributed by atoms with Crippen molar-refractivity contribution in [2.75, 3.05) is 25.4 Å². The number of thioether (sulfide) groups is 1. The molecule has 23 heavy (non-hydrogen) atoms. The first-order valence-electron chi connectivity index (χ1n) is 8.08. The van der Waals surface area contributed by atoms with E-state index in [2.05, 4.69) is 17.4 Å². The Morgan fingerprint density at radius 1 is 1.26 bits per heavy atom. The molecule has 1 saturated heterocycles. The van der Waals surface area contributed by atoms with Gasteiger partial charge in [0.1, 0.15) is 6.04 Å². The van der Waals surface area contributed by atoms with Crippen LogP contribution in [0.5, 0.6) is 0 Å². The molecule has 2 rings (SSSR count). The summed E-state index contributed by atoms with van der Waals surface area (Å²) in [5, 5.41) is 12.1. The van der Waals surface area contributed by atoms with Crippen molar-refractivity contribution in [2.45, 2.75) is 36.6 Å². The van der Waals surface area contributed by atoms with E-state index in [1.165, 1.54) is 4.90 Å². The molecule has 1 unspecified atom stereocenters. The Bertz CT molecular complexity index is 510. The van der Waals surface area contributed by atoms with Crippen LogP contribution in [0.1, 0.15) is 25.7 Å². The number of hydrogen-bond acceptors (Lipinski definition) is 4. The summed E-state index contributed by atoms with van der Waals surface area (Å²) >= 11 is 1.77. The largest absolute Gasteiger partial charge is 0.480 e. The number of hydrogen-bond donors (Lipinski definition) is 2. The van der Waals surface area contributed by atoms with E-state index in [0.29, 0.717) is 19.5 Å². The lowest BCUT2D eigenvalue weighted by Crippen LogP contribution is -2.49. The van der Waals surface area contributed by atoms with E-state index in [4.69, 9.17) is 0 Å². The molecular formula is C17H24N2O3S. The maximum atomic E-state index is 12.0. The van der Waals surface area contributed by atoms with E-state index in [9.17, 15) is 14.7 Å². The van der Waals surface area contributed by atoms with Crippen molar-refractivity contribution in [3.05, 3.63) is 30.3 Å². The average molecular weight is 336 g/mol. The number of piperidine rings is 1. The van der Waals surface area contributed by atoms with Gasteiger partial charge >= 0.3 is 5.97 Å². The Morgan fingerprint density at radius 3 is 2.78 bits per heavy atom. The van der Waals surface area contributed by atoms with Gasteiger partial charge in [0.15, 0.2) is 0 Å². The van der Waals surface area contributed by atoms with E-state index in [1.807, 2.05) is 18.2 Å². The van der Waals surface area contributed by atoms with Crippen molar-refractivity contribution in [1.82, 2.24) is 10.2 Å². The predicted octanol–water partition coefficient (Wildman–Crippen LogP) is 2.22. The quantitative estimate of drug-likeness (QED) is 0.563. The number of nitrogens with one attached hydrogen (secondary N) is 1. The minimum Gasteiger partial charge on any atom is -0.480 e. The van der Waals surface area contributed by atoms with Crippen LogP contribution in [-0.4, -0.2) is 53.3 Å². The Hall–Kier alpha value is -1.53. The minimum atomic E-state index is -0.822. The fourth-order valence-corrected chi connectivity index (χ4v) is 3.58. The summed E-state index contributed by atoms with van der Waals surface area (Å²) in [5.41, 5.74) is 0. The molecule has 0 spiro atoms. The smallest absolute Gasteiger partial charge is 0.320 e. The van der Waals surface area contributed by atoms with Crippen molar-refractivity contribution >= 4 is 23.6 Å². The summed E-state index contributed by atoms with van der Waals surface area (Å²) in [7, 11) is 0. The molecule has 126 valence electrons. The molecule has 1 amide bonds. The second-order valence-electron chi connectivity index (χ2n) is 5.69. The first-order valence-corrected chi connectivity index (χ1v) is 9.07. The average Bonchev–Trinajstić information content (AvgIpc) is 2.56. The van der Waals surface area contributed by atoms with Crippen molar-refractivity contribution in [2.24, 2.45) is 0 Å². The third kappa shape index (κ3) is 6.23. The van der Waals surface area contributed by atoms with Crippen LogP contribution in [0.15, 0.2) is 35.2 Å². The monoisotopic (exact) mass is 336 g/mol. The van der Waals surface area contributed by atoms with Gasteiger partial charge in [0.2, 0.25) is 5.91 Å². The standard InChI is InChI=1S/C17H24N2O3S/c20-16(13-19-11-5-4-9-15(19)17(21)22)18-10-6-12-23-14-7-2-1-3-8-14/h1-3,7-8,15H,4-6,9-13H2,(H,18,20)(H,21,22). The summed E-state index contributed by atoms with van der Waals surface area (Å²) in [6.45, 7) is 1.50. The maximum Gasteiger partial charge on any atom is 0.320 e. The maximum absolute atomic E-state index is 12.0. The molecule has 1 aliphatic heterocycles. The van der Waals surface area contributed by atoms with Crippen molar-refractivity contribution in [3.8, 4) is 0 Å². The summed E-state index contributed by atoms with van der Waals surface area (Å²) in [5.74, 6) is 0.0470. The summed E-state index contributed by atoms with van der Waals surface area (Å²) < 4.78 is 0. The van der Waals surface area contributed by atoms with Gasteiger partial charge in [-0.2, -0.15) is 0 Å². The van der Waals surface area contributed by atoms with Gasteiger partial charge in [-0.3, -0.25) is 14.5 Å². The van der Waals surface area contributed by atoms with Crippen LogP contribution in [0, 0.1) is 0 Å². The lowest BCUT2D eigenvalue weighted by Gasteiger charge is -2.32. The fraction of sp³-hybridized carbons (Fsp3) is 0.529. The molecule has 1 fully saturated rings. The number of benzene rings is 1. The third-order valence-electron chi connectivity index (χ3n) is 3.90. The van der Waals surface area contributed by atoms with Crippen LogP contribution >= 0.6 is 11.8 Å². The van der Waals surface area contributed by atoms with Crippen LogP contribution in [-0.2, 0) is 9.59 Å². The normalized spacial score (nSPS) is 18.5. The number of carbonyl (C=O) groups excluding carboxylic acids is 1. The Labute approximate surface area is 141 Å². The van der Waals surface area contributed by atoms with E-state index < -0.39 is 12.0 Å². The third-order valence-corrected chi connectivity index (χ3v) is 5.00. The summed E-state index contributed by atoms with van der Waals surface area (Å²) in [6.07, 6.45) is 3.42. The number of likely N-dealkylation sites (tertiary alicyclic amines) is 1. The highest BCUT2D eigenvalue weighted by Crippen LogP contribution is 2.18. The molecule has 1 heterocycles. The van der Waals surface area contributed by atoms with Crippen LogP contribution in [0.3, 0.4) is 0 Å². The molecule has 0 aliphatic carbocycles. The number of aliphatic carboxylic acids is 1. The van der Waals surface area contributed by atoms with Gasteiger partial charge in [0.25, 0.3) is 0 Å². The van der Waals surface area contributed by atoms with Crippen LogP contribution in [0.2, 0.25) is 0 Å². The van der Waals surface area contributed by atoms with E-state index >= 15 is 0 Å². The number of carbonyl (C=O) groups is 2. The first-order chi connectivity index (χ1) is 11.2. The number of amides is 1. The Balaban J connectivity index is 1.62. The van der Waals surface area contributed by atoms with Gasteiger partial charge in [-0.25, -0.2) is 0 Å². The van der Waals surface area contributed by atoms with Crippen molar-refractivity contribution < 1.29 is 14.7 Å². The highest BCUT2D eigenvalue weighted by atomic mass is 32.2. The van der Waals surface area contributed by atoms with Crippen molar-refractivity contribution in [1.29, 1.82) is 0 Å². The van der Waals surface area contributed by atoms with E-state index in [1.54, 1.807) is 16.7 Å². The lowest BCUT2D eigenvalue weighted by molar-refractivity contribution is -0.145. The van der Waals surface area contributed by atoms with Crippen LogP contribution < -0.4 is 5.32 Å². The predicted molar refractivity (Wildman–Crippen MR) is 91.6 cm³/mol. The zero-order chi connectivity index (χ0) is 16.5. The molecule has 2 N–H and O–H groups in total. The van der Waals surface area contributed by atoms with Crippen LogP contribution in [0.25, 0.3) is 0 Å². The zero-order valence-corrected chi connectivity index (χ0v) is 14.1. The van der Waals surface area contributed by atoms with Crippen LogP contribution in [0.4, 0.5) is 0 Å². The number of carboxylic acids is 1. The molecule has 6 heteroatoms. The molecule has 0 bridgehead atoms. The number of rotatable bonds is 8. The fourth-order valence-electron chi connectivity index (χ4n) is 2.71. The van der Waals surface area contributed by atoms with Gasteiger partial charge in [0.05, 0.1) is 6.54 Å². The molecular weight excluding hydrogens is 312 g/mol. The first kappa shape index (κ1) is 17.8. The molecule has 0 saturated carbocycles. The lowest BCUT2D eigenvalue weighted by atomic mass is 10.0. The topological polar surface area (TPSA) is 69.6 Å². The molecule has 1 aliphatic rings. The van der Waals surface area contributed by atoms with Gasteiger partial charge in [-0.15, -0.1) is 11.8 Å². The minimum absolute atomic E-state index is 0.0807. The summed E-state index contributed by atoms with van der Waals surface area (Å²) in [6, 6.07) is 9.67. The number of nitrogens with zero attached hydrogens (tertiary/aromatic N) is 1. The Morgan fingerprint density at radius 2 is 2.04 bits per heavy atom. The molecule has 1 atom stereocenters. The molecule has 1 aromatic carbocycles. The van der Waals surface area contributed by atoms with Gasteiger partial charge in [0, 0.05) is 11.4 Å². The highest BCUT2D eigenvalue weighted by molar-refractivity contribution is 7.99. The highest BCUT2D eigenvalue weighted by Gasteiger charge is 2.29. The molecule has 5 nitrogen and oxygen atoms in total. The van der Waals surface area contributed by atoms with E-state index in [-0.39, 0.29) is 12.5 Å². The molecule has 0 radical (unpaired) electrons. The second-order valence-corrected chi connectivity index (χ2v) is 6.85. The van der Waals surface area contributed by atoms with Gasteiger partial charge in [-0.1, -0.05) is 24.6 Å².